The van der Waals surface area contributed by atoms with Crippen LogP contribution in [0.25, 0.3) is 0 Å². The van der Waals surface area contributed by atoms with Gasteiger partial charge in [-0.25, -0.2) is 0 Å². The van der Waals surface area contributed by atoms with Crippen molar-refractivity contribution in [3.63, 3.8) is 0 Å². The van der Waals surface area contributed by atoms with Gasteiger partial charge in [0.1, 0.15) is 0 Å². The smallest absolute Gasteiger partial charge is 0.0468 e. The maximum absolute atomic E-state index is 5.65. The Morgan fingerprint density at radius 3 is 2.60 bits per heavy atom. The van der Waals surface area contributed by atoms with E-state index in [1.54, 1.807) is 0 Å². The predicted octanol–water partition coefficient (Wildman–Crippen LogP) is 3.88. The van der Waals surface area contributed by atoms with Gasteiger partial charge >= 0.3 is 0 Å². The fourth-order valence-corrected chi connectivity index (χ4v) is 4.03. The SMILES string of the molecule is CCCOCCC1C2CCC(C2)C1(C)C. The maximum atomic E-state index is 5.65. The van der Waals surface area contributed by atoms with Gasteiger partial charge in [-0.2, -0.15) is 0 Å². The summed E-state index contributed by atoms with van der Waals surface area (Å²) >= 11 is 0. The van der Waals surface area contributed by atoms with Crippen molar-refractivity contribution in [2.24, 2.45) is 23.2 Å². The normalized spacial score (nSPS) is 37.4. The molecule has 0 aromatic heterocycles. The van der Waals surface area contributed by atoms with Gasteiger partial charge < -0.3 is 4.74 Å². The number of ether oxygens (including phenoxy) is 1. The standard InChI is InChI=1S/C14H26O/c1-4-8-15-9-7-13-11-5-6-12(10-11)14(13,2)3/h11-13H,4-10H2,1-3H3. The van der Waals surface area contributed by atoms with Crippen LogP contribution >= 0.6 is 0 Å². The molecule has 1 nitrogen and oxygen atoms in total. The molecule has 2 fully saturated rings. The molecular formula is C14H26O. The fourth-order valence-electron chi connectivity index (χ4n) is 4.03. The van der Waals surface area contributed by atoms with Crippen LogP contribution in [0.4, 0.5) is 0 Å². The Kier molecular flexibility index (Phi) is 3.39. The largest absolute Gasteiger partial charge is 0.381 e. The van der Waals surface area contributed by atoms with Crippen molar-refractivity contribution >= 4 is 0 Å². The third-order valence-corrected chi connectivity index (χ3v) is 4.97. The zero-order valence-electron chi connectivity index (χ0n) is 10.6. The second-order valence-electron chi connectivity index (χ2n) is 6.10. The molecule has 0 N–H and O–H groups in total. The summed E-state index contributed by atoms with van der Waals surface area (Å²) in [6.45, 7) is 9.09. The van der Waals surface area contributed by atoms with Crippen LogP contribution in [0.2, 0.25) is 0 Å². The quantitative estimate of drug-likeness (QED) is 0.626. The molecule has 2 rings (SSSR count). The first-order valence-electron chi connectivity index (χ1n) is 6.74. The van der Waals surface area contributed by atoms with Crippen LogP contribution in [0.5, 0.6) is 0 Å². The molecule has 0 radical (unpaired) electrons. The minimum absolute atomic E-state index is 0.596. The lowest BCUT2D eigenvalue weighted by Gasteiger charge is -2.38. The van der Waals surface area contributed by atoms with E-state index in [0.717, 1.165) is 37.4 Å². The van der Waals surface area contributed by atoms with Crippen LogP contribution in [-0.2, 0) is 4.74 Å². The predicted molar refractivity (Wildman–Crippen MR) is 63.8 cm³/mol. The summed E-state index contributed by atoms with van der Waals surface area (Å²) in [7, 11) is 0. The van der Waals surface area contributed by atoms with Crippen LogP contribution < -0.4 is 0 Å². The van der Waals surface area contributed by atoms with Crippen LogP contribution in [-0.4, -0.2) is 13.2 Å². The van der Waals surface area contributed by atoms with Gasteiger partial charge in [0.2, 0.25) is 0 Å². The summed E-state index contributed by atoms with van der Waals surface area (Å²) < 4.78 is 5.65. The van der Waals surface area contributed by atoms with E-state index in [-0.39, 0.29) is 0 Å². The van der Waals surface area contributed by atoms with E-state index >= 15 is 0 Å². The van der Waals surface area contributed by atoms with Gasteiger partial charge in [0, 0.05) is 13.2 Å². The lowest BCUT2D eigenvalue weighted by Crippen LogP contribution is -2.31. The monoisotopic (exact) mass is 210 g/mol. The molecule has 0 aliphatic heterocycles. The number of hydrogen-bond donors (Lipinski definition) is 0. The number of fused-ring (bicyclic) bond motifs is 2. The van der Waals surface area contributed by atoms with Crippen LogP contribution in [0.1, 0.15) is 52.9 Å². The van der Waals surface area contributed by atoms with E-state index in [9.17, 15) is 0 Å². The molecule has 0 saturated heterocycles. The highest BCUT2D eigenvalue weighted by Gasteiger charge is 2.51. The Morgan fingerprint density at radius 2 is 2.00 bits per heavy atom. The third kappa shape index (κ3) is 2.08. The summed E-state index contributed by atoms with van der Waals surface area (Å²) in [4.78, 5) is 0. The first kappa shape index (κ1) is 11.4. The van der Waals surface area contributed by atoms with E-state index in [4.69, 9.17) is 4.74 Å². The molecule has 3 unspecified atom stereocenters. The minimum Gasteiger partial charge on any atom is -0.381 e. The molecule has 0 amide bonds. The Balaban J connectivity index is 1.81. The second-order valence-corrected chi connectivity index (χ2v) is 6.10. The highest BCUT2D eigenvalue weighted by molar-refractivity contribution is 5.01. The summed E-state index contributed by atoms with van der Waals surface area (Å²) in [5.41, 5.74) is 0.596. The van der Waals surface area contributed by atoms with Crippen molar-refractivity contribution in [3.05, 3.63) is 0 Å². The van der Waals surface area contributed by atoms with Crippen molar-refractivity contribution in [1.29, 1.82) is 0 Å². The molecule has 3 atom stereocenters. The summed E-state index contributed by atoms with van der Waals surface area (Å²) in [6.07, 6.45) is 6.94. The van der Waals surface area contributed by atoms with Gasteiger partial charge in [-0.15, -0.1) is 0 Å². The molecule has 2 saturated carbocycles. The van der Waals surface area contributed by atoms with Crippen molar-refractivity contribution in [2.75, 3.05) is 13.2 Å². The molecule has 0 spiro atoms. The number of hydrogen-bond acceptors (Lipinski definition) is 1. The summed E-state index contributed by atoms with van der Waals surface area (Å²) in [5.74, 6) is 2.97. The molecule has 0 heterocycles. The van der Waals surface area contributed by atoms with Crippen LogP contribution in [0.3, 0.4) is 0 Å². The molecule has 88 valence electrons. The maximum Gasteiger partial charge on any atom is 0.0468 e. The Morgan fingerprint density at radius 1 is 1.20 bits per heavy atom. The van der Waals surface area contributed by atoms with Gasteiger partial charge in [0.15, 0.2) is 0 Å². The van der Waals surface area contributed by atoms with Gasteiger partial charge in [0.25, 0.3) is 0 Å². The van der Waals surface area contributed by atoms with E-state index in [1.165, 1.54) is 25.7 Å². The van der Waals surface area contributed by atoms with E-state index in [1.807, 2.05) is 0 Å². The molecule has 0 aromatic carbocycles. The Bertz CT molecular complexity index is 209. The molecule has 2 aliphatic carbocycles. The van der Waals surface area contributed by atoms with Crippen LogP contribution in [0, 0.1) is 23.2 Å². The molecule has 0 aromatic rings. The zero-order chi connectivity index (χ0) is 10.9. The van der Waals surface area contributed by atoms with Crippen molar-refractivity contribution < 1.29 is 4.74 Å². The van der Waals surface area contributed by atoms with Gasteiger partial charge in [0.05, 0.1) is 0 Å². The minimum atomic E-state index is 0.596. The molecule has 2 bridgehead atoms. The first-order chi connectivity index (χ1) is 7.16. The first-order valence-corrected chi connectivity index (χ1v) is 6.74. The topological polar surface area (TPSA) is 9.23 Å². The molecule has 1 heteroatoms. The average Bonchev–Trinajstić information content (AvgIpc) is 2.73. The fraction of sp³-hybridized carbons (Fsp3) is 1.00. The summed E-state index contributed by atoms with van der Waals surface area (Å²) in [6, 6.07) is 0. The summed E-state index contributed by atoms with van der Waals surface area (Å²) in [5, 5.41) is 0. The highest BCUT2D eigenvalue weighted by Crippen LogP contribution is 2.60. The Hall–Kier alpha value is -0.0400. The van der Waals surface area contributed by atoms with Crippen molar-refractivity contribution in [3.8, 4) is 0 Å². The van der Waals surface area contributed by atoms with E-state index in [0.29, 0.717) is 5.41 Å². The van der Waals surface area contributed by atoms with Gasteiger partial charge in [-0.05, 0) is 55.3 Å². The second kappa shape index (κ2) is 4.45. The van der Waals surface area contributed by atoms with Gasteiger partial charge in [-0.3, -0.25) is 0 Å². The lowest BCUT2D eigenvalue weighted by atomic mass is 9.67. The van der Waals surface area contributed by atoms with Crippen molar-refractivity contribution in [2.45, 2.75) is 52.9 Å². The molecular weight excluding hydrogens is 184 g/mol. The molecule has 15 heavy (non-hydrogen) atoms. The van der Waals surface area contributed by atoms with Crippen LogP contribution in [0.15, 0.2) is 0 Å². The van der Waals surface area contributed by atoms with Gasteiger partial charge in [-0.1, -0.05) is 20.8 Å². The Labute approximate surface area is 94.6 Å². The van der Waals surface area contributed by atoms with E-state index < -0.39 is 0 Å². The lowest BCUT2D eigenvalue weighted by molar-refractivity contribution is 0.0625. The third-order valence-electron chi connectivity index (χ3n) is 4.97. The molecule has 2 aliphatic rings. The average molecular weight is 210 g/mol. The highest BCUT2D eigenvalue weighted by atomic mass is 16.5. The zero-order valence-corrected chi connectivity index (χ0v) is 10.6. The number of rotatable bonds is 5. The van der Waals surface area contributed by atoms with Crippen molar-refractivity contribution in [1.82, 2.24) is 0 Å². The van der Waals surface area contributed by atoms with E-state index in [2.05, 4.69) is 20.8 Å².